The minimum atomic E-state index is 0.596. The Morgan fingerprint density at radius 2 is 2.43 bits per heavy atom. The molecule has 2 rings (SSSR count). The monoisotopic (exact) mass is 227 g/mol. The number of fused-ring (bicyclic) bond motifs is 1. The number of aromatic amines is 1. The van der Waals surface area contributed by atoms with Crippen LogP contribution in [0.15, 0.2) is 0 Å². The topological polar surface area (TPSA) is 54.7 Å². The third-order valence-corrected chi connectivity index (χ3v) is 3.51. The van der Waals surface area contributed by atoms with Gasteiger partial charge in [-0.1, -0.05) is 0 Å². The number of nitrogens with one attached hydrogen (secondary N) is 1. The molecule has 0 unspecified atom stereocenters. The highest BCUT2D eigenvalue weighted by atomic mass is 32.2. The summed E-state index contributed by atoms with van der Waals surface area (Å²) in [6.45, 7) is 0.642. The maximum absolute atomic E-state index is 5.55. The molecule has 3 nitrogen and oxygen atoms in total. The number of rotatable bonds is 2. The Kier molecular flexibility index (Phi) is 3.20. The molecule has 3 N–H and O–H groups in total. The van der Waals surface area contributed by atoms with Crippen LogP contribution in [0.1, 0.15) is 17.0 Å². The van der Waals surface area contributed by atoms with Crippen LogP contribution in [0.3, 0.4) is 0 Å². The van der Waals surface area contributed by atoms with Crippen LogP contribution in [-0.2, 0) is 18.6 Å². The largest absolute Gasteiger partial charge is 0.334 e. The molecule has 1 aromatic rings. The second kappa shape index (κ2) is 4.42. The molecule has 0 bridgehead atoms. The van der Waals surface area contributed by atoms with Gasteiger partial charge in [-0.05, 0) is 30.9 Å². The lowest BCUT2D eigenvalue weighted by molar-refractivity contribution is 0.846. The minimum Gasteiger partial charge on any atom is -0.334 e. The third-order valence-electron chi connectivity index (χ3n) is 2.33. The first-order valence-corrected chi connectivity index (χ1v) is 6.26. The molecule has 0 aromatic carbocycles. The Morgan fingerprint density at radius 1 is 1.57 bits per heavy atom. The molecule has 0 amide bonds. The van der Waals surface area contributed by atoms with E-state index in [0.717, 1.165) is 24.3 Å². The van der Waals surface area contributed by atoms with Gasteiger partial charge in [0.1, 0.15) is 0 Å². The van der Waals surface area contributed by atoms with Crippen LogP contribution in [0.25, 0.3) is 0 Å². The van der Waals surface area contributed by atoms with Crippen LogP contribution < -0.4 is 5.73 Å². The van der Waals surface area contributed by atoms with Crippen LogP contribution in [-0.4, -0.2) is 22.3 Å². The van der Waals surface area contributed by atoms with Gasteiger partial charge < -0.3 is 10.7 Å². The molecule has 1 aliphatic heterocycles. The first-order valence-electron chi connectivity index (χ1n) is 4.70. The van der Waals surface area contributed by atoms with Gasteiger partial charge in [-0.2, -0.15) is 11.8 Å². The molecule has 1 aromatic heterocycles. The minimum absolute atomic E-state index is 0.596. The summed E-state index contributed by atoms with van der Waals surface area (Å²) >= 11 is 7.03. The molecule has 0 saturated carbocycles. The second-order valence-electron chi connectivity index (χ2n) is 3.29. The van der Waals surface area contributed by atoms with Crippen LogP contribution in [0, 0.1) is 4.77 Å². The smallest absolute Gasteiger partial charge is 0.197 e. The van der Waals surface area contributed by atoms with Crippen molar-refractivity contribution in [3.63, 3.8) is 0 Å². The number of H-pyrrole nitrogens is 1. The Morgan fingerprint density at radius 3 is 3.21 bits per heavy atom. The van der Waals surface area contributed by atoms with Crippen LogP contribution in [0.5, 0.6) is 0 Å². The first-order chi connectivity index (χ1) is 6.81. The van der Waals surface area contributed by atoms with Crippen molar-refractivity contribution >= 4 is 24.0 Å². The van der Waals surface area contributed by atoms with Crippen molar-refractivity contribution in [2.24, 2.45) is 5.73 Å². The van der Waals surface area contributed by atoms with Gasteiger partial charge in [-0.15, -0.1) is 0 Å². The average molecular weight is 227 g/mol. The fraction of sp³-hybridized carbons (Fsp3) is 0.556. The predicted molar refractivity (Wildman–Crippen MR) is 62.0 cm³/mol. The van der Waals surface area contributed by atoms with E-state index in [4.69, 9.17) is 18.0 Å². The number of thioether (sulfide) groups is 1. The van der Waals surface area contributed by atoms with Gasteiger partial charge in [0.15, 0.2) is 4.77 Å². The Bertz CT molecular complexity index is 386. The van der Waals surface area contributed by atoms with E-state index in [-0.39, 0.29) is 0 Å². The highest BCUT2D eigenvalue weighted by Gasteiger charge is 2.14. The number of aromatic nitrogens is 2. The maximum Gasteiger partial charge on any atom is 0.197 e. The molecule has 0 saturated heterocycles. The number of nitrogens with zero attached hydrogens (tertiary/aromatic N) is 1. The fourth-order valence-electron chi connectivity index (χ4n) is 1.67. The van der Waals surface area contributed by atoms with Crippen molar-refractivity contribution in [1.82, 2.24) is 9.97 Å². The van der Waals surface area contributed by atoms with Crippen molar-refractivity contribution in [3.8, 4) is 0 Å². The first kappa shape index (κ1) is 10.1. The fourth-order valence-corrected chi connectivity index (χ4v) is 2.94. The van der Waals surface area contributed by atoms with E-state index in [1.54, 1.807) is 0 Å². The molecule has 2 heterocycles. The summed E-state index contributed by atoms with van der Waals surface area (Å²) in [6, 6.07) is 0. The summed E-state index contributed by atoms with van der Waals surface area (Å²) in [5, 5.41) is 0. The van der Waals surface area contributed by atoms with E-state index in [1.165, 1.54) is 17.0 Å². The predicted octanol–water partition coefficient (Wildman–Crippen LogP) is 1.43. The van der Waals surface area contributed by atoms with E-state index in [2.05, 4.69) is 9.97 Å². The van der Waals surface area contributed by atoms with Gasteiger partial charge in [0.2, 0.25) is 0 Å². The lowest BCUT2D eigenvalue weighted by Gasteiger charge is -2.17. The molecule has 0 spiro atoms. The highest BCUT2D eigenvalue weighted by molar-refractivity contribution is 7.98. The molecular formula is C9H13N3S2. The normalized spacial score (nSPS) is 15.2. The zero-order valence-electron chi connectivity index (χ0n) is 7.88. The van der Waals surface area contributed by atoms with Gasteiger partial charge in [0.05, 0.1) is 5.69 Å². The van der Waals surface area contributed by atoms with Crippen molar-refractivity contribution in [2.45, 2.75) is 18.6 Å². The van der Waals surface area contributed by atoms with Crippen LogP contribution in [0.4, 0.5) is 0 Å². The zero-order chi connectivity index (χ0) is 9.97. The summed E-state index contributed by atoms with van der Waals surface area (Å²) in [5.74, 6) is 2.22. The molecule has 0 aliphatic carbocycles. The van der Waals surface area contributed by atoms with Crippen molar-refractivity contribution in [1.29, 1.82) is 0 Å². The summed E-state index contributed by atoms with van der Waals surface area (Å²) in [5.41, 5.74) is 9.25. The van der Waals surface area contributed by atoms with E-state index < -0.39 is 0 Å². The molecule has 0 radical (unpaired) electrons. The van der Waals surface area contributed by atoms with Crippen molar-refractivity contribution in [2.75, 3.05) is 12.3 Å². The number of hydrogen-bond donors (Lipinski definition) is 2. The quantitative estimate of drug-likeness (QED) is 0.751. The number of aryl methyl sites for hydroxylation is 1. The van der Waals surface area contributed by atoms with Crippen LogP contribution >= 0.6 is 24.0 Å². The zero-order valence-corrected chi connectivity index (χ0v) is 9.51. The van der Waals surface area contributed by atoms with E-state index in [0.29, 0.717) is 11.3 Å². The third kappa shape index (κ3) is 1.99. The molecular weight excluding hydrogens is 214 g/mol. The van der Waals surface area contributed by atoms with Gasteiger partial charge in [-0.25, -0.2) is 4.98 Å². The van der Waals surface area contributed by atoms with Crippen LogP contribution in [0.2, 0.25) is 0 Å². The van der Waals surface area contributed by atoms with Crippen molar-refractivity contribution in [3.05, 3.63) is 21.7 Å². The standard InChI is InChI=1S/C9H13N3S2/c10-3-1-7-6-5-14-4-2-8(6)12-9(13)11-7/h1-5,10H2,(H,11,12,13). The molecule has 0 atom stereocenters. The van der Waals surface area contributed by atoms with Crippen molar-refractivity contribution < 1.29 is 0 Å². The average Bonchev–Trinajstić information content (AvgIpc) is 2.18. The number of nitrogens with two attached hydrogens (primary N) is 1. The van der Waals surface area contributed by atoms with E-state index in [1.807, 2.05) is 11.8 Å². The molecule has 1 aliphatic rings. The summed E-state index contributed by atoms with van der Waals surface area (Å²) in [6.07, 6.45) is 1.91. The SMILES string of the molecule is NCCc1nc(=S)[nH]c2c1CSCC2. The lowest BCUT2D eigenvalue weighted by Crippen LogP contribution is -2.14. The van der Waals surface area contributed by atoms with E-state index >= 15 is 0 Å². The second-order valence-corrected chi connectivity index (χ2v) is 4.78. The molecule has 14 heavy (non-hydrogen) atoms. The molecule has 0 fully saturated rings. The molecule has 5 heteroatoms. The Labute approximate surface area is 92.5 Å². The summed E-state index contributed by atoms with van der Waals surface area (Å²) < 4.78 is 0.596. The maximum atomic E-state index is 5.55. The highest BCUT2D eigenvalue weighted by Crippen LogP contribution is 2.25. The number of hydrogen-bond acceptors (Lipinski definition) is 4. The molecule has 76 valence electrons. The van der Waals surface area contributed by atoms with E-state index in [9.17, 15) is 0 Å². The Hall–Kier alpha value is -0.390. The summed E-state index contributed by atoms with van der Waals surface area (Å²) in [7, 11) is 0. The van der Waals surface area contributed by atoms with Gasteiger partial charge >= 0.3 is 0 Å². The van der Waals surface area contributed by atoms with Gasteiger partial charge in [0.25, 0.3) is 0 Å². The Balaban J connectivity index is 2.47. The van der Waals surface area contributed by atoms with Gasteiger partial charge in [-0.3, -0.25) is 0 Å². The summed E-state index contributed by atoms with van der Waals surface area (Å²) in [4.78, 5) is 7.52. The van der Waals surface area contributed by atoms with Gasteiger partial charge in [0, 0.05) is 23.4 Å². The lowest BCUT2D eigenvalue weighted by atomic mass is 10.1.